The lowest BCUT2D eigenvalue weighted by Gasteiger charge is -2.18. The van der Waals surface area contributed by atoms with Gasteiger partial charge in [-0.25, -0.2) is 22.5 Å². The Labute approximate surface area is 211 Å². The summed E-state index contributed by atoms with van der Waals surface area (Å²) in [7, 11) is -3.70. The number of hydrogen-bond acceptors (Lipinski definition) is 8. The van der Waals surface area contributed by atoms with Crippen LogP contribution in [0.5, 0.6) is 0 Å². The van der Waals surface area contributed by atoms with Crippen LogP contribution in [0.25, 0.3) is 16.6 Å². The number of rotatable bonds is 8. The molecule has 0 saturated heterocycles. The first-order chi connectivity index (χ1) is 17.4. The van der Waals surface area contributed by atoms with Crippen molar-refractivity contribution in [3.8, 4) is 5.69 Å². The van der Waals surface area contributed by atoms with Gasteiger partial charge in [0, 0.05) is 17.8 Å². The van der Waals surface area contributed by atoms with Crippen LogP contribution >= 0.6 is 0 Å². The maximum atomic E-state index is 13.3. The van der Waals surface area contributed by atoms with Gasteiger partial charge in [0.05, 0.1) is 35.2 Å². The molecule has 37 heavy (non-hydrogen) atoms. The van der Waals surface area contributed by atoms with E-state index < -0.39 is 33.7 Å². The van der Waals surface area contributed by atoms with Gasteiger partial charge in [0.1, 0.15) is 17.7 Å². The minimum absolute atomic E-state index is 0.120. The fourth-order valence-corrected chi connectivity index (χ4v) is 4.21. The molecule has 0 aliphatic heterocycles. The zero-order valence-corrected chi connectivity index (χ0v) is 21.0. The normalized spacial score (nSPS) is 13.2. The minimum atomic E-state index is -3.70. The number of hydrogen-bond donors (Lipinski definition) is 3. The third-order valence-corrected chi connectivity index (χ3v) is 6.62. The molecule has 0 aliphatic rings. The van der Waals surface area contributed by atoms with Crippen molar-refractivity contribution in [2.75, 3.05) is 11.6 Å². The fourth-order valence-electron chi connectivity index (χ4n) is 3.60. The quantitative estimate of drug-likeness (QED) is 0.315. The van der Waals surface area contributed by atoms with Crippen LogP contribution in [0.15, 0.2) is 60.0 Å². The molecule has 192 valence electrons. The second-order valence-corrected chi connectivity index (χ2v) is 10.5. The number of sulfone groups is 1. The number of aromatic nitrogens is 4. The van der Waals surface area contributed by atoms with Gasteiger partial charge in [-0.2, -0.15) is 5.10 Å². The molecule has 4 aromatic rings. The molecule has 1 aromatic carbocycles. The van der Waals surface area contributed by atoms with E-state index in [0.717, 1.165) is 6.26 Å². The lowest BCUT2D eigenvalue weighted by atomic mass is 10.1. The van der Waals surface area contributed by atoms with Gasteiger partial charge in [-0.05, 0) is 55.8 Å². The minimum Gasteiger partial charge on any atom is -0.368 e. The summed E-state index contributed by atoms with van der Waals surface area (Å²) in [5.74, 6) is -1.38. The summed E-state index contributed by atoms with van der Waals surface area (Å²) in [6.45, 7) is 3.19. The third kappa shape index (κ3) is 5.56. The van der Waals surface area contributed by atoms with E-state index >= 15 is 0 Å². The Morgan fingerprint density at radius 3 is 2.43 bits per heavy atom. The zero-order chi connectivity index (χ0) is 26.9. The molecule has 11 nitrogen and oxygen atoms in total. The molecule has 0 fully saturated rings. The number of fused-ring (bicyclic) bond motifs is 1. The molecule has 4 rings (SSSR count). The highest BCUT2D eigenvalue weighted by atomic mass is 32.2. The number of nitrogens with zero attached hydrogens (tertiary/aromatic N) is 4. The van der Waals surface area contributed by atoms with Crippen LogP contribution < -0.4 is 16.4 Å². The van der Waals surface area contributed by atoms with E-state index in [2.05, 4.69) is 25.7 Å². The molecule has 2 atom stereocenters. The van der Waals surface area contributed by atoms with Gasteiger partial charge in [-0.1, -0.05) is 0 Å². The van der Waals surface area contributed by atoms with Crippen molar-refractivity contribution >= 4 is 38.4 Å². The number of nitrogens with two attached hydrogens (primary N) is 1. The third-order valence-electron chi connectivity index (χ3n) is 5.66. The van der Waals surface area contributed by atoms with Crippen LogP contribution in [0.3, 0.4) is 0 Å². The van der Waals surface area contributed by atoms with Crippen molar-refractivity contribution in [3.63, 3.8) is 0 Å². The average molecular weight is 526 g/mol. The number of primary amides is 1. The first kappa shape index (κ1) is 25.7. The first-order valence-corrected chi connectivity index (χ1v) is 13.0. The Morgan fingerprint density at radius 1 is 1.08 bits per heavy atom. The summed E-state index contributed by atoms with van der Waals surface area (Å²) in [5.41, 5.74) is 7.11. The number of carbonyl (C=O) groups excluding carboxylic acids is 2. The van der Waals surface area contributed by atoms with E-state index in [1.807, 2.05) is 0 Å². The van der Waals surface area contributed by atoms with E-state index in [1.54, 1.807) is 29.9 Å². The van der Waals surface area contributed by atoms with Crippen LogP contribution in [0, 0.1) is 5.82 Å². The predicted octanol–water partition coefficient (Wildman–Crippen LogP) is 2.13. The standard InChI is InChI=1S/C24H24FN7O4S/c1-13(15-8-21(29-14(2)23(26)33)31-22(9-15)37(3,35)36)30-24(34)19-10-27-12-20-18(19)11-28-32(20)17-6-4-16(25)5-7-17/h4-14H,1-3H3,(H2,26,33)(H,29,31)(H,30,34)/t13?,14-/m0/s1. The largest absolute Gasteiger partial charge is 0.368 e. The van der Waals surface area contributed by atoms with Crippen molar-refractivity contribution in [2.24, 2.45) is 5.73 Å². The number of nitrogens with one attached hydrogen (secondary N) is 2. The monoisotopic (exact) mass is 525 g/mol. The van der Waals surface area contributed by atoms with E-state index in [9.17, 15) is 22.4 Å². The molecular weight excluding hydrogens is 501 g/mol. The highest BCUT2D eigenvalue weighted by Gasteiger charge is 2.21. The SMILES string of the molecule is CC(NC(=O)c1cncc2c1cnn2-c1ccc(F)cc1)c1cc(N[C@@H](C)C(N)=O)nc(S(C)(=O)=O)c1. The zero-order valence-electron chi connectivity index (χ0n) is 20.1. The molecule has 0 saturated carbocycles. The van der Waals surface area contributed by atoms with E-state index in [1.165, 1.54) is 43.6 Å². The second-order valence-electron chi connectivity index (χ2n) is 8.51. The van der Waals surface area contributed by atoms with Crippen molar-refractivity contribution < 1.29 is 22.4 Å². The van der Waals surface area contributed by atoms with Crippen LogP contribution in [-0.2, 0) is 14.6 Å². The number of pyridine rings is 2. The van der Waals surface area contributed by atoms with E-state index in [-0.39, 0.29) is 22.2 Å². The Hall–Kier alpha value is -4.39. The fraction of sp³-hybridized carbons (Fsp3) is 0.208. The van der Waals surface area contributed by atoms with Crippen molar-refractivity contribution in [3.05, 3.63) is 71.9 Å². The van der Waals surface area contributed by atoms with Gasteiger partial charge < -0.3 is 16.4 Å². The second kappa shape index (κ2) is 9.93. The van der Waals surface area contributed by atoms with Crippen LogP contribution in [0.1, 0.15) is 35.8 Å². The summed E-state index contributed by atoms with van der Waals surface area (Å²) in [6.07, 6.45) is 5.47. The molecule has 0 bridgehead atoms. The number of carbonyl (C=O) groups is 2. The lowest BCUT2D eigenvalue weighted by Crippen LogP contribution is -2.33. The molecule has 0 aliphatic carbocycles. The number of amides is 2. The van der Waals surface area contributed by atoms with Crippen molar-refractivity contribution in [2.45, 2.75) is 31.0 Å². The number of halogens is 1. The smallest absolute Gasteiger partial charge is 0.254 e. The first-order valence-electron chi connectivity index (χ1n) is 11.1. The molecule has 4 N–H and O–H groups in total. The highest BCUT2D eigenvalue weighted by Crippen LogP contribution is 2.24. The number of anilines is 1. The Kier molecular flexibility index (Phi) is 6.90. The summed E-state index contributed by atoms with van der Waals surface area (Å²) < 4.78 is 39.3. The summed E-state index contributed by atoms with van der Waals surface area (Å²) in [6, 6.07) is 7.16. The molecular formula is C24H24FN7O4S. The van der Waals surface area contributed by atoms with Crippen molar-refractivity contribution in [1.29, 1.82) is 0 Å². The van der Waals surface area contributed by atoms with Gasteiger partial charge in [0.25, 0.3) is 5.91 Å². The van der Waals surface area contributed by atoms with Gasteiger partial charge in [0.15, 0.2) is 14.9 Å². The average Bonchev–Trinajstić information content (AvgIpc) is 3.28. The van der Waals surface area contributed by atoms with Gasteiger partial charge in [0.2, 0.25) is 5.91 Å². The molecule has 13 heteroatoms. The maximum absolute atomic E-state index is 13.3. The van der Waals surface area contributed by atoms with Crippen LogP contribution in [-0.4, -0.2) is 52.3 Å². The van der Waals surface area contributed by atoms with E-state index in [0.29, 0.717) is 22.2 Å². The summed E-state index contributed by atoms with van der Waals surface area (Å²) in [4.78, 5) is 32.9. The lowest BCUT2D eigenvalue weighted by molar-refractivity contribution is -0.118. The molecule has 2 amide bonds. The predicted molar refractivity (Wildman–Crippen MR) is 134 cm³/mol. The Balaban J connectivity index is 1.64. The number of benzene rings is 1. The Morgan fingerprint density at radius 2 is 1.78 bits per heavy atom. The Bertz CT molecular complexity index is 1600. The molecule has 1 unspecified atom stereocenters. The molecule has 0 radical (unpaired) electrons. The maximum Gasteiger partial charge on any atom is 0.254 e. The molecule has 3 heterocycles. The van der Waals surface area contributed by atoms with Gasteiger partial charge >= 0.3 is 0 Å². The topological polar surface area (TPSA) is 162 Å². The summed E-state index contributed by atoms with van der Waals surface area (Å²) in [5, 5.41) is 10.2. The summed E-state index contributed by atoms with van der Waals surface area (Å²) >= 11 is 0. The van der Waals surface area contributed by atoms with Crippen LogP contribution in [0.4, 0.5) is 10.2 Å². The molecule has 3 aromatic heterocycles. The van der Waals surface area contributed by atoms with E-state index in [4.69, 9.17) is 5.73 Å². The van der Waals surface area contributed by atoms with Crippen LogP contribution in [0.2, 0.25) is 0 Å². The highest BCUT2D eigenvalue weighted by molar-refractivity contribution is 7.90. The van der Waals surface area contributed by atoms with Gasteiger partial charge in [-0.15, -0.1) is 0 Å². The van der Waals surface area contributed by atoms with Gasteiger partial charge in [-0.3, -0.25) is 14.6 Å². The van der Waals surface area contributed by atoms with Crippen molar-refractivity contribution in [1.82, 2.24) is 25.1 Å². The molecule has 0 spiro atoms.